The molecule has 0 heterocycles. The smallest absolute Gasteiger partial charge is 0.137 e. The van der Waals surface area contributed by atoms with Crippen LogP contribution in [0.15, 0.2) is 40.9 Å². The topological polar surface area (TPSA) is 0 Å². The first-order valence-corrected chi connectivity index (χ1v) is 6.74. The summed E-state index contributed by atoms with van der Waals surface area (Å²) < 4.78 is 40.6. The van der Waals surface area contributed by atoms with E-state index in [2.05, 4.69) is 15.9 Å². The third-order valence-corrected chi connectivity index (χ3v) is 3.73. The van der Waals surface area contributed by atoms with E-state index in [9.17, 15) is 13.2 Å². The van der Waals surface area contributed by atoms with Crippen LogP contribution in [0, 0.1) is 17.5 Å². The average molecular weight is 350 g/mol. The third kappa shape index (κ3) is 3.31. The van der Waals surface area contributed by atoms with E-state index in [0.29, 0.717) is 5.56 Å². The maximum atomic E-state index is 13.7. The van der Waals surface area contributed by atoms with Crippen molar-refractivity contribution >= 4 is 27.5 Å². The molecule has 19 heavy (non-hydrogen) atoms. The molecule has 1 atom stereocenters. The zero-order chi connectivity index (χ0) is 14.0. The number of benzene rings is 2. The molecular formula is C14H9BrClF3. The molecule has 0 radical (unpaired) electrons. The summed E-state index contributed by atoms with van der Waals surface area (Å²) in [6.07, 6.45) is 0.0895. The monoisotopic (exact) mass is 348 g/mol. The summed E-state index contributed by atoms with van der Waals surface area (Å²) in [5.74, 6) is -1.63. The van der Waals surface area contributed by atoms with E-state index in [4.69, 9.17) is 11.6 Å². The zero-order valence-corrected chi connectivity index (χ0v) is 12.0. The van der Waals surface area contributed by atoms with Crippen LogP contribution in [0.3, 0.4) is 0 Å². The second-order valence-corrected chi connectivity index (χ2v) is 5.43. The van der Waals surface area contributed by atoms with Gasteiger partial charge in [-0.1, -0.05) is 18.2 Å². The van der Waals surface area contributed by atoms with Crippen molar-refractivity contribution in [3.05, 3.63) is 69.4 Å². The van der Waals surface area contributed by atoms with Crippen molar-refractivity contribution in [2.75, 3.05) is 0 Å². The summed E-state index contributed by atoms with van der Waals surface area (Å²) in [4.78, 5) is 0. The molecule has 0 nitrogen and oxygen atoms in total. The van der Waals surface area contributed by atoms with Crippen LogP contribution in [0.25, 0.3) is 0 Å². The molecule has 2 aromatic carbocycles. The molecule has 0 fully saturated rings. The van der Waals surface area contributed by atoms with Crippen LogP contribution in [-0.2, 0) is 6.42 Å². The zero-order valence-electron chi connectivity index (χ0n) is 9.64. The fraction of sp³-hybridized carbons (Fsp3) is 0.143. The molecule has 0 aliphatic carbocycles. The minimum atomic E-state index is -0.834. The average Bonchev–Trinajstić information content (AvgIpc) is 2.36. The van der Waals surface area contributed by atoms with Gasteiger partial charge in [0, 0.05) is 5.56 Å². The minimum absolute atomic E-state index is 0.0191. The van der Waals surface area contributed by atoms with Crippen molar-refractivity contribution in [1.29, 1.82) is 0 Å². The van der Waals surface area contributed by atoms with Crippen LogP contribution in [0.2, 0.25) is 0 Å². The van der Waals surface area contributed by atoms with Crippen LogP contribution in [0.4, 0.5) is 13.2 Å². The van der Waals surface area contributed by atoms with Crippen molar-refractivity contribution in [1.82, 2.24) is 0 Å². The van der Waals surface area contributed by atoms with Gasteiger partial charge >= 0.3 is 0 Å². The molecule has 2 aromatic rings. The summed E-state index contributed by atoms with van der Waals surface area (Å²) in [6.45, 7) is 0. The molecular weight excluding hydrogens is 341 g/mol. The van der Waals surface area contributed by atoms with E-state index in [1.807, 2.05) is 0 Å². The van der Waals surface area contributed by atoms with Crippen LogP contribution < -0.4 is 0 Å². The SMILES string of the molecule is Fc1cc(C(Cl)Cc2ccccc2F)c(F)cc1Br. The van der Waals surface area contributed by atoms with Gasteiger partial charge in [-0.3, -0.25) is 0 Å². The molecule has 0 aliphatic heterocycles. The fourth-order valence-corrected chi connectivity index (χ4v) is 2.39. The van der Waals surface area contributed by atoms with E-state index < -0.39 is 22.8 Å². The predicted molar refractivity (Wildman–Crippen MR) is 72.8 cm³/mol. The van der Waals surface area contributed by atoms with Crippen molar-refractivity contribution in [3.8, 4) is 0 Å². The summed E-state index contributed by atoms with van der Waals surface area (Å²) >= 11 is 8.94. The van der Waals surface area contributed by atoms with Gasteiger partial charge in [0.2, 0.25) is 0 Å². The first-order chi connectivity index (χ1) is 8.99. The van der Waals surface area contributed by atoms with E-state index in [1.54, 1.807) is 18.2 Å². The highest BCUT2D eigenvalue weighted by Gasteiger charge is 2.18. The summed E-state index contributed by atoms with van der Waals surface area (Å²) in [6, 6.07) is 8.14. The van der Waals surface area contributed by atoms with Gasteiger partial charge in [-0.2, -0.15) is 0 Å². The largest absolute Gasteiger partial charge is 0.207 e. The van der Waals surface area contributed by atoms with Gasteiger partial charge in [-0.25, -0.2) is 13.2 Å². The fourth-order valence-electron chi connectivity index (χ4n) is 1.74. The lowest BCUT2D eigenvalue weighted by atomic mass is 10.0. The van der Waals surface area contributed by atoms with Gasteiger partial charge in [-0.15, -0.1) is 11.6 Å². The Morgan fingerprint density at radius 1 is 1.00 bits per heavy atom. The maximum Gasteiger partial charge on any atom is 0.137 e. The maximum absolute atomic E-state index is 13.7. The first-order valence-electron chi connectivity index (χ1n) is 5.51. The lowest BCUT2D eigenvalue weighted by Crippen LogP contribution is -2.02. The van der Waals surface area contributed by atoms with Gasteiger partial charge in [0.1, 0.15) is 17.5 Å². The Hall–Kier alpha value is -1.00. The molecule has 0 bridgehead atoms. The molecule has 0 saturated heterocycles. The molecule has 2 rings (SSSR count). The quantitative estimate of drug-likeness (QED) is 0.515. The van der Waals surface area contributed by atoms with E-state index in [0.717, 1.165) is 12.1 Å². The molecule has 100 valence electrons. The van der Waals surface area contributed by atoms with Crippen molar-refractivity contribution in [3.63, 3.8) is 0 Å². The number of rotatable bonds is 3. The first kappa shape index (κ1) is 14.4. The van der Waals surface area contributed by atoms with E-state index in [1.165, 1.54) is 6.07 Å². The Bertz CT molecular complexity index is 601. The summed E-state index contributed by atoms with van der Waals surface area (Å²) in [7, 11) is 0. The van der Waals surface area contributed by atoms with Crippen LogP contribution in [0.5, 0.6) is 0 Å². The molecule has 0 saturated carbocycles. The Morgan fingerprint density at radius 2 is 1.68 bits per heavy atom. The van der Waals surface area contributed by atoms with Gasteiger partial charge in [0.25, 0.3) is 0 Å². The van der Waals surface area contributed by atoms with Gasteiger partial charge in [0.05, 0.1) is 9.85 Å². The second-order valence-electron chi connectivity index (χ2n) is 4.05. The van der Waals surface area contributed by atoms with Crippen molar-refractivity contribution < 1.29 is 13.2 Å². The van der Waals surface area contributed by atoms with Crippen molar-refractivity contribution in [2.24, 2.45) is 0 Å². The standard InChI is InChI=1S/C14H9BrClF3/c15-10-7-13(18)9(6-14(10)19)11(16)5-8-3-1-2-4-12(8)17/h1-4,6-7,11H,5H2. The highest BCUT2D eigenvalue weighted by atomic mass is 79.9. The molecule has 0 aliphatic rings. The lowest BCUT2D eigenvalue weighted by Gasteiger charge is -2.12. The second kappa shape index (κ2) is 5.97. The third-order valence-electron chi connectivity index (χ3n) is 2.73. The Morgan fingerprint density at radius 3 is 2.37 bits per heavy atom. The lowest BCUT2D eigenvalue weighted by molar-refractivity contribution is 0.572. The number of halogens is 5. The Balaban J connectivity index is 2.28. The van der Waals surface area contributed by atoms with Crippen LogP contribution >= 0.6 is 27.5 Å². The van der Waals surface area contributed by atoms with Crippen LogP contribution in [0.1, 0.15) is 16.5 Å². The summed E-state index contributed by atoms with van der Waals surface area (Å²) in [5, 5.41) is -0.834. The van der Waals surface area contributed by atoms with Crippen LogP contribution in [-0.4, -0.2) is 0 Å². The van der Waals surface area contributed by atoms with E-state index in [-0.39, 0.29) is 16.5 Å². The van der Waals surface area contributed by atoms with Crippen molar-refractivity contribution in [2.45, 2.75) is 11.8 Å². The van der Waals surface area contributed by atoms with Gasteiger partial charge in [-0.05, 0) is 46.1 Å². The molecule has 0 amide bonds. The highest BCUT2D eigenvalue weighted by molar-refractivity contribution is 9.10. The predicted octanol–water partition coefficient (Wildman–Crippen LogP) is 5.39. The number of alkyl halides is 1. The Kier molecular flexibility index (Phi) is 4.53. The molecule has 5 heteroatoms. The molecule has 1 unspecified atom stereocenters. The molecule has 0 aromatic heterocycles. The molecule has 0 spiro atoms. The van der Waals surface area contributed by atoms with Gasteiger partial charge < -0.3 is 0 Å². The Labute approximate surface area is 122 Å². The number of hydrogen-bond acceptors (Lipinski definition) is 0. The molecule has 0 N–H and O–H groups in total. The van der Waals surface area contributed by atoms with E-state index >= 15 is 0 Å². The van der Waals surface area contributed by atoms with Gasteiger partial charge in [0.15, 0.2) is 0 Å². The highest BCUT2D eigenvalue weighted by Crippen LogP contribution is 2.31. The normalized spacial score (nSPS) is 12.5. The minimum Gasteiger partial charge on any atom is -0.207 e. The number of hydrogen-bond donors (Lipinski definition) is 0. The summed E-state index contributed by atoms with van der Waals surface area (Å²) in [5.41, 5.74) is 0.385.